The molecule has 0 bridgehead atoms. The van der Waals surface area contributed by atoms with Crippen molar-refractivity contribution in [1.82, 2.24) is 5.06 Å². The van der Waals surface area contributed by atoms with E-state index in [9.17, 15) is 10.0 Å². The van der Waals surface area contributed by atoms with Crippen LogP contribution in [0.3, 0.4) is 0 Å². The molecule has 3 nitrogen and oxygen atoms in total. The Balaban J connectivity index is 2.14. The molecule has 0 saturated carbocycles. The Labute approximate surface area is 108 Å². The lowest BCUT2D eigenvalue weighted by atomic mass is 9.91. The number of nitrogens with zero attached hydrogens (tertiary/aromatic N) is 1. The molecule has 1 heterocycles. The summed E-state index contributed by atoms with van der Waals surface area (Å²) in [6, 6.07) is 9.23. The van der Waals surface area contributed by atoms with Crippen molar-refractivity contribution in [2.24, 2.45) is 5.92 Å². The van der Waals surface area contributed by atoms with Crippen LogP contribution in [0.2, 0.25) is 0 Å². The molecule has 0 aliphatic carbocycles. The highest BCUT2D eigenvalue weighted by atomic mass is 16.5. The van der Waals surface area contributed by atoms with Gasteiger partial charge in [-0.3, -0.25) is 4.79 Å². The van der Waals surface area contributed by atoms with Crippen LogP contribution in [0, 0.1) is 5.92 Å². The average molecular weight is 247 g/mol. The van der Waals surface area contributed by atoms with Crippen LogP contribution in [-0.4, -0.2) is 27.6 Å². The molecule has 2 atom stereocenters. The molecule has 0 amide bonds. The summed E-state index contributed by atoms with van der Waals surface area (Å²) in [5.74, 6) is -0.0727. The lowest BCUT2D eigenvalue weighted by molar-refractivity contribution is -0.170. The smallest absolute Gasteiger partial charge is 0.167 e. The fourth-order valence-corrected chi connectivity index (χ4v) is 2.69. The zero-order chi connectivity index (χ0) is 13.3. The summed E-state index contributed by atoms with van der Waals surface area (Å²) >= 11 is 0. The molecular formula is C15H21NO2. The summed E-state index contributed by atoms with van der Waals surface area (Å²) < 4.78 is 0. The van der Waals surface area contributed by atoms with Crippen molar-refractivity contribution in [2.75, 3.05) is 0 Å². The highest BCUT2D eigenvalue weighted by Crippen LogP contribution is 2.35. The molecule has 1 aromatic rings. The molecule has 3 heteroatoms. The van der Waals surface area contributed by atoms with Gasteiger partial charge in [-0.05, 0) is 26.7 Å². The third kappa shape index (κ3) is 2.33. The molecule has 1 aliphatic heterocycles. The number of carbonyl (C=O) groups excluding carboxylic acids is 1. The fraction of sp³-hybridized carbons (Fsp3) is 0.533. The Hall–Kier alpha value is -1.19. The SMILES string of the molecule is CC(C(=O)c1ccccc1)C1CCC(C)(C)N1O. The maximum Gasteiger partial charge on any atom is 0.167 e. The Morgan fingerprint density at radius 3 is 2.50 bits per heavy atom. The maximum atomic E-state index is 12.4. The van der Waals surface area contributed by atoms with Gasteiger partial charge in [-0.25, -0.2) is 0 Å². The molecule has 1 aliphatic rings. The van der Waals surface area contributed by atoms with E-state index in [-0.39, 0.29) is 23.3 Å². The third-order valence-electron chi connectivity index (χ3n) is 4.04. The third-order valence-corrected chi connectivity index (χ3v) is 4.04. The van der Waals surface area contributed by atoms with Crippen molar-refractivity contribution in [1.29, 1.82) is 0 Å². The first kappa shape index (κ1) is 13.2. The summed E-state index contributed by atoms with van der Waals surface area (Å²) in [6.07, 6.45) is 1.78. The van der Waals surface area contributed by atoms with Crippen LogP contribution in [-0.2, 0) is 0 Å². The maximum absolute atomic E-state index is 12.4. The Bertz CT molecular complexity index is 427. The van der Waals surface area contributed by atoms with Gasteiger partial charge in [0.05, 0.1) is 0 Å². The number of hydrogen-bond acceptors (Lipinski definition) is 3. The van der Waals surface area contributed by atoms with Crippen LogP contribution in [0.25, 0.3) is 0 Å². The molecule has 0 aromatic heterocycles. The van der Waals surface area contributed by atoms with Gasteiger partial charge < -0.3 is 5.21 Å². The van der Waals surface area contributed by atoms with Gasteiger partial charge in [-0.15, -0.1) is 0 Å². The van der Waals surface area contributed by atoms with Crippen LogP contribution in [0.5, 0.6) is 0 Å². The first-order chi connectivity index (χ1) is 8.43. The second kappa shape index (κ2) is 4.82. The Kier molecular flexibility index (Phi) is 3.55. The zero-order valence-corrected chi connectivity index (χ0v) is 11.3. The van der Waals surface area contributed by atoms with Crippen LogP contribution in [0.4, 0.5) is 0 Å². The second-order valence-electron chi connectivity index (χ2n) is 5.78. The summed E-state index contributed by atoms with van der Waals surface area (Å²) in [5, 5.41) is 11.5. The minimum absolute atomic E-state index is 0.0762. The van der Waals surface area contributed by atoms with Gasteiger partial charge in [0.25, 0.3) is 0 Å². The molecule has 98 valence electrons. The Morgan fingerprint density at radius 1 is 1.39 bits per heavy atom. The predicted octanol–water partition coefficient (Wildman–Crippen LogP) is 3.14. The highest BCUT2D eigenvalue weighted by molar-refractivity contribution is 5.98. The molecule has 1 fully saturated rings. The van der Waals surface area contributed by atoms with E-state index >= 15 is 0 Å². The van der Waals surface area contributed by atoms with Crippen molar-refractivity contribution >= 4 is 5.78 Å². The molecule has 1 N–H and O–H groups in total. The van der Waals surface area contributed by atoms with Gasteiger partial charge in [-0.1, -0.05) is 37.3 Å². The number of hydroxylamine groups is 2. The number of rotatable bonds is 3. The number of ketones is 1. The molecule has 2 unspecified atom stereocenters. The van der Waals surface area contributed by atoms with Crippen molar-refractivity contribution in [3.8, 4) is 0 Å². The highest BCUT2D eigenvalue weighted by Gasteiger charge is 2.43. The first-order valence-corrected chi connectivity index (χ1v) is 6.51. The van der Waals surface area contributed by atoms with Crippen molar-refractivity contribution < 1.29 is 10.0 Å². The van der Waals surface area contributed by atoms with Crippen LogP contribution >= 0.6 is 0 Å². The quantitative estimate of drug-likeness (QED) is 0.834. The van der Waals surface area contributed by atoms with E-state index in [4.69, 9.17) is 0 Å². The fourth-order valence-electron chi connectivity index (χ4n) is 2.69. The molecule has 0 radical (unpaired) electrons. The van der Waals surface area contributed by atoms with E-state index in [2.05, 4.69) is 0 Å². The van der Waals surface area contributed by atoms with Gasteiger partial charge in [0.1, 0.15) is 0 Å². The topological polar surface area (TPSA) is 40.5 Å². The van der Waals surface area contributed by atoms with Crippen molar-refractivity contribution in [3.05, 3.63) is 35.9 Å². The van der Waals surface area contributed by atoms with Gasteiger partial charge >= 0.3 is 0 Å². The minimum Gasteiger partial charge on any atom is -0.313 e. The van der Waals surface area contributed by atoms with E-state index < -0.39 is 0 Å². The molecule has 0 spiro atoms. The lowest BCUT2D eigenvalue weighted by Crippen LogP contribution is -2.44. The van der Waals surface area contributed by atoms with Crippen LogP contribution in [0.1, 0.15) is 44.0 Å². The van der Waals surface area contributed by atoms with E-state index in [1.807, 2.05) is 51.1 Å². The zero-order valence-electron chi connectivity index (χ0n) is 11.3. The van der Waals surface area contributed by atoms with Gasteiger partial charge in [0.2, 0.25) is 0 Å². The van der Waals surface area contributed by atoms with Crippen molar-refractivity contribution in [2.45, 2.75) is 45.2 Å². The number of benzene rings is 1. The summed E-state index contributed by atoms with van der Waals surface area (Å²) in [7, 11) is 0. The summed E-state index contributed by atoms with van der Waals surface area (Å²) in [4.78, 5) is 12.4. The van der Waals surface area contributed by atoms with Crippen LogP contribution in [0.15, 0.2) is 30.3 Å². The summed E-state index contributed by atoms with van der Waals surface area (Å²) in [5.41, 5.74) is 0.499. The molecule has 1 aromatic carbocycles. The van der Waals surface area contributed by atoms with E-state index in [1.54, 1.807) is 0 Å². The first-order valence-electron chi connectivity index (χ1n) is 6.51. The van der Waals surface area contributed by atoms with Crippen LogP contribution < -0.4 is 0 Å². The van der Waals surface area contributed by atoms with Gasteiger partial charge in [0.15, 0.2) is 5.78 Å². The second-order valence-corrected chi connectivity index (χ2v) is 5.78. The van der Waals surface area contributed by atoms with E-state index in [1.165, 1.54) is 5.06 Å². The minimum atomic E-state index is -0.226. The Morgan fingerprint density at radius 2 is 2.00 bits per heavy atom. The van der Waals surface area contributed by atoms with E-state index in [0.29, 0.717) is 0 Å². The van der Waals surface area contributed by atoms with E-state index in [0.717, 1.165) is 18.4 Å². The molecule has 1 saturated heterocycles. The monoisotopic (exact) mass is 247 g/mol. The lowest BCUT2D eigenvalue weighted by Gasteiger charge is -2.31. The predicted molar refractivity (Wildman–Crippen MR) is 70.7 cm³/mol. The standard InChI is InChI=1S/C15H21NO2/c1-11(13-9-10-15(2,3)16(13)18)14(17)12-7-5-4-6-8-12/h4-8,11,13,18H,9-10H2,1-3H3. The number of Topliss-reactive ketones (excluding diaryl/α,β-unsaturated/α-hetero) is 1. The largest absolute Gasteiger partial charge is 0.313 e. The number of carbonyl (C=O) groups is 1. The number of hydrogen-bond donors (Lipinski definition) is 1. The average Bonchev–Trinajstić information content (AvgIpc) is 2.64. The summed E-state index contributed by atoms with van der Waals surface area (Å²) in [6.45, 7) is 5.92. The van der Waals surface area contributed by atoms with Gasteiger partial charge in [0, 0.05) is 23.1 Å². The molecular weight excluding hydrogens is 226 g/mol. The van der Waals surface area contributed by atoms with Crippen molar-refractivity contribution in [3.63, 3.8) is 0 Å². The normalized spacial score (nSPS) is 25.0. The van der Waals surface area contributed by atoms with Gasteiger partial charge in [-0.2, -0.15) is 5.06 Å². The molecule has 18 heavy (non-hydrogen) atoms. The molecule has 2 rings (SSSR count).